The van der Waals surface area contributed by atoms with Crippen LogP contribution in [0.3, 0.4) is 0 Å². The quantitative estimate of drug-likeness (QED) is 0.631. The second-order valence-corrected chi connectivity index (χ2v) is 7.27. The molecule has 1 N–H and O–H groups in total. The summed E-state index contributed by atoms with van der Waals surface area (Å²) in [5, 5.41) is 10.4. The molecule has 3 nitrogen and oxygen atoms in total. The van der Waals surface area contributed by atoms with Gasteiger partial charge in [0.15, 0.2) is 0 Å². The van der Waals surface area contributed by atoms with Gasteiger partial charge in [-0.1, -0.05) is 41.5 Å². The first kappa shape index (κ1) is 18.9. The Labute approximate surface area is 123 Å². The number of carbonyl (C=O) groups excluding carboxylic acids is 1. The number of aliphatic hydroxyl groups excluding tert-OH is 1. The Hall–Kier alpha value is -1.05. The van der Waals surface area contributed by atoms with Gasteiger partial charge in [-0.05, 0) is 36.3 Å². The zero-order chi connectivity index (χ0) is 16.1. The molecular formula is C17H30O3. The highest BCUT2D eigenvalue weighted by atomic mass is 16.5. The number of hydrogen-bond acceptors (Lipinski definition) is 3. The number of ether oxygens (including phenoxy) is 1. The Morgan fingerprint density at radius 3 is 2.10 bits per heavy atom. The van der Waals surface area contributed by atoms with Crippen LogP contribution in [-0.2, 0) is 9.53 Å². The van der Waals surface area contributed by atoms with E-state index < -0.39 is 23.4 Å². The highest BCUT2D eigenvalue weighted by Gasteiger charge is 2.34. The molecule has 0 aromatic carbocycles. The molecule has 0 aromatic rings. The zero-order valence-corrected chi connectivity index (χ0v) is 14.2. The normalized spacial score (nSPS) is 15.1. The fraction of sp³-hybridized carbons (Fsp3) is 0.765. The summed E-state index contributed by atoms with van der Waals surface area (Å²) in [6.07, 6.45) is 0.843. The van der Waals surface area contributed by atoms with E-state index in [0.29, 0.717) is 6.61 Å². The maximum atomic E-state index is 12.0. The molecule has 0 heterocycles. The van der Waals surface area contributed by atoms with Gasteiger partial charge in [-0.25, -0.2) is 0 Å². The molecule has 3 heteroatoms. The van der Waals surface area contributed by atoms with Crippen molar-refractivity contribution in [1.82, 2.24) is 0 Å². The van der Waals surface area contributed by atoms with Crippen LogP contribution in [0.5, 0.6) is 0 Å². The number of aliphatic hydroxyl groups is 1. The minimum atomic E-state index is -0.804. The molecule has 0 amide bonds. The van der Waals surface area contributed by atoms with Gasteiger partial charge in [0.2, 0.25) is 0 Å². The van der Waals surface area contributed by atoms with Crippen LogP contribution < -0.4 is 0 Å². The van der Waals surface area contributed by atoms with Crippen LogP contribution in [0.15, 0.2) is 17.4 Å². The Kier molecular flexibility index (Phi) is 6.73. The highest BCUT2D eigenvalue weighted by Crippen LogP contribution is 2.28. The molecule has 0 fully saturated rings. The number of rotatable bonds is 4. The lowest BCUT2D eigenvalue weighted by atomic mass is 9.80. The van der Waals surface area contributed by atoms with Gasteiger partial charge in [-0.3, -0.25) is 4.79 Å². The molecule has 0 aliphatic rings. The van der Waals surface area contributed by atoms with Crippen LogP contribution in [-0.4, -0.2) is 23.8 Å². The first-order valence-corrected chi connectivity index (χ1v) is 7.19. The predicted molar refractivity (Wildman–Crippen MR) is 82.3 cm³/mol. The van der Waals surface area contributed by atoms with Crippen molar-refractivity contribution < 1.29 is 14.6 Å². The summed E-state index contributed by atoms with van der Waals surface area (Å²) in [5.41, 5.74) is 3.77. The lowest BCUT2D eigenvalue weighted by Crippen LogP contribution is -2.38. The molecule has 0 bridgehead atoms. The van der Waals surface area contributed by atoms with Gasteiger partial charge in [0.25, 0.3) is 0 Å². The molecule has 0 saturated carbocycles. The van der Waals surface area contributed by atoms with E-state index in [1.807, 2.05) is 27.7 Å². The maximum absolute atomic E-state index is 12.0. The van der Waals surface area contributed by atoms with Gasteiger partial charge in [0.1, 0.15) is 5.92 Å². The molecular weight excluding hydrogens is 252 g/mol. The Balaban J connectivity index is 5.47. The fourth-order valence-corrected chi connectivity index (χ4v) is 1.50. The van der Waals surface area contributed by atoms with Crippen molar-refractivity contribution in [2.45, 2.75) is 61.5 Å². The van der Waals surface area contributed by atoms with E-state index in [0.717, 1.165) is 5.57 Å². The second kappa shape index (κ2) is 7.10. The molecule has 0 aliphatic carbocycles. The van der Waals surface area contributed by atoms with Crippen LogP contribution in [0.4, 0.5) is 0 Å². The molecule has 0 spiro atoms. The van der Waals surface area contributed by atoms with Crippen molar-refractivity contribution in [3.05, 3.63) is 17.4 Å². The smallest absolute Gasteiger partial charge is 0.316 e. The summed E-state index contributed by atoms with van der Waals surface area (Å²) in [6, 6.07) is 0. The van der Waals surface area contributed by atoms with Gasteiger partial charge in [0, 0.05) is 0 Å². The van der Waals surface area contributed by atoms with Gasteiger partial charge in [0.05, 0.1) is 12.7 Å². The number of carbonyl (C=O) groups is 1. The van der Waals surface area contributed by atoms with E-state index in [1.165, 1.54) is 0 Å². The summed E-state index contributed by atoms with van der Waals surface area (Å²) in [6.45, 7) is 16.0. The molecule has 0 unspecified atom stereocenters. The minimum Gasteiger partial charge on any atom is -0.465 e. The van der Waals surface area contributed by atoms with Crippen LogP contribution in [0.2, 0.25) is 0 Å². The lowest BCUT2D eigenvalue weighted by molar-refractivity contribution is -0.152. The maximum Gasteiger partial charge on any atom is 0.316 e. The van der Waals surface area contributed by atoms with Crippen molar-refractivity contribution in [2.24, 2.45) is 16.7 Å². The van der Waals surface area contributed by atoms with Crippen LogP contribution in [0, 0.1) is 16.7 Å². The van der Waals surface area contributed by atoms with Crippen LogP contribution in [0.1, 0.15) is 55.4 Å². The van der Waals surface area contributed by atoms with Crippen molar-refractivity contribution in [2.75, 3.05) is 6.61 Å². The summed E-state index contributed by atoms with van der Waals surface area (Å²) in [5.74, 6) is -1.09. The Bertz CT molecular complexity index is 387. The topological polar surface area (TPSA) is 46.5 Å². The average Bonchev–Trinajstić information content (AvgIpc) is 2.26. The number of esters is 1. The molecule has 2 atom stereocenters. The van der Waals surface area contributed by atoms with Crippen molar-refractivity contribution in [1.29, 1.82) is 0 Å². The first-order valence-electron chi connectivity index (χ1n) is 7.19. The van der Waals surface area contributed by atoms with E-state index in [-0.39, 0.29) is 5.41 Å². The molecule has 20 heavy (non-hydrogen) atoms. The predicted octanol–water partition coefficient (Wildman–Crippen LogP) is 3.72. The van der Waals surface area contributed by atoms with E-state index in [9.17, 15) is 9.90 Å². The molecule has 0 saturated heterocycles. The zero-order valence-electron chi connectivity index (χ0n) is 14.2. The molecule has 0 radical (unpaired) electrons. The highest BCUT2D eigenvalue weighted by molar-refractivity contribution is 5.75. The number of hydrogen-bond donors (Lipinski definition) is 1. The summed E-state index contributed by atoms with van der Waals surface area (Å²) < 4.78 is 5.06. The average molecular weight is 282 g/mol. The van der Waals surface area contributed by atoms with E-state index in [2.05, 4.69) is 26.5 Å². The van der Waals surface area contributed by atoms with E-state index >= 15 is 0 Å². The van der Waals surface area contributed by atoms with Crippen molar-refractivity contribution >= 4 is 5.97 Å². The summed E-state index contributed by atoms with van der Waals surface area (Å²) in [7, 11) is 0. The van der Waals surface area contributed by atoms with E-state index in [4.69, 9.17) is 4.74 Å². The third kappa shape index (κ3) is 5.94. The third-order valence-corrected chi connectivity index (χ3v) is 3.39. The second-order valence-electron chi connectivity index (χ2n) is 7.27. The Morgan fingerprint density at radius 2 is 1.75 bits per heavy atom. The molecule has 116 valence electrons. The third-order valence-electron chi connectivity index (χ3n) is 3.39. The molecule has 0 aromatic heterocycles. The minimum absolute atomic E-state index is 0.0115. The van der Waals surface area contributed by atoms with Gasteiger partial charge >= 0.3 is 5.97 Å². The standard InChI is InChI=1S/C17H30O3/c1-9-20-15(19)13(14(18)17(6,7)8)11-10-12(2)16(3,4)5/h11,13-14,18H,9H2,1-8H3/t10?,13-,14-/m0/s1. The van der Waals surface area contributed by atoms with E-state index in [1.54, 1.807) is 13.0 Å². The van der Waals surface area contributed by atoms with Crippen molar-refractivity contribution in [3.63, 3.8) is 0 Å². The van der Waals surface area contributed by atoms with Gasteiger partial charge in [-0.15, -0.1) is 5.73 Å². The molecule has 0 rings (SSSR count). The van der Waals surface area contributed by atoms with Crippen molar-refractivity contribution in [3.8, 4) is 0 Å². The fourth-order valence-electron chi connectivity index (χ4n) is 1.50. The lowest BCUT2D eigenvalue weighted by Gasteiger charge is -2.29. The Morgan fingerprint density at radius 1 is 1.25 bits per heavy atom. The van der Waals surface area contributed by atoms with Gasteiger partial charge < -0.3 is 9.84 Å². The van der Waals surface area contributed by atoms with Crippen LogP contribution in [0.25, 0.3) is 0 Å². The summed E-state index contributed by atoms with van der Waals surface area (Å²) in [4.78, 5) is 12.0. The monoisotopic (exact) mass is 282 g/mol. The SMILES string of the molecule is CCOC(=O)[C@@H](C=C=C(C)C(C)(C)C)[C@H](O)C(C)(C)C. The summed E-state index contributed by atoms with van der Waals surface area (Å²) >= 11 is 0. The largest absolute Gasteiger partial charge is 0.465 e. The van der Waals surface area contributed by atoms with Gasteiger partial charge in [-0.2, -0.15) is 0 Å². The first-order chi connectivity index (χ1) is 8.91. The molecule has 0 aliphatic heterocycles. The van der Waals surface area contributed by atoms with Crippen LogP contribution >= 0.6 is 0 Å².